The molecule has 1 heterocycles. The molecule has 0 saturated carbocycles. The molecule has 0 spiro atoms. The average molecular weight is 402 g/mol. The third-order valence-electron chi connectivity index (χ3n) is 1.55. The van der Waals surface area contributed by atoms with E-state index in [-0.39, 0.29) is 9.39 Å². The number of alkyl halides is 3. The van der Waals surface area contributed by atoms with Crippen LogP contribution in [0.1, 0.15) is 5.69 Å². The van der Waals surface area contributed by atoms with E-state index in [1.807, 2.05) is 0 Å². The van der Waals surface area contributed by atoms with Crippen LogP contribution in [-0.4, -0.2) is 19.8 Å². The van der Waals surface area contributed by atoms with Gasteiger partial charge in [-0.3, -0.25) is 0 Å². The van der Waals surface area contributed by atoms with Crippen LogP contribution in [0.3, 0.4) is 0 Å². The van der Waals surface area contributed by atoms with Crippen molar-refractivity contribution in [3.05, 3.63) is 15.5 Å². The van der Waals surface area contributed by atoms with Crippen molar-refractivity contribution in [3.63, 3.8) is 0 Å². The van der Waals surface area contributed by atoms with Crippen LogP contribution >= 0.6 is 33.3 Å². The van der Waals surface area contributed by atoms with Crippen molar-refractivity contribution < 1.29 is 26.3 Å². The maximum absolute atomic E-state index is 12.1. The van der Waals surface area contributed by atoms with Gasteiger partial charge in [0.1, 0.15) is 8.60 Å². The SMILES string of the molecule is Cc1nc(I)cc(OC(F)(F)F)c1S(=O)(=O)Cl. The summed E-state index contributed by atoms with van der Waals surface area (Å²) in [6.07, 6.45) is -5.01. The summed E-state index contributed by atoms with van der Waals surface area (Å²) in [6.45, 7) is 1.22. The molecule has 1 rings (SSSR count). The monoisotopic (exact) mass is 401 g/mol. The average Bonchev–Trinajstić information content (AvgIpc) is 1.94. The van der Waals surface area contributed by atoms with Crippen LogP contribution in [0.2, 0.25) is 0 Å². The Morgan fingerprint density at radius 3 is 2.41 bits per heavy atom. The molecule has 0 aliphatic carbocycles. The number of rotatable bonds is 2. The van der Waals surface area contributed by atoms with Crippen LogP contribution in [0.25, 0.3) is 0 Å². The molecular weight excluding hydrogens is 397 g/mol. The summed E-state index contributed by atoms with van der Waals surface area (Å²) in [5.41, 5.74) is -0.161. The highest BCUT2D eigenvalue weighted by Gasteiger charge is 2.35. The van der Waals surface area contributed by atoms with E-state index in [1.54, 1.807) is 22.6 Å². The summed E-state index contributed by atoms with van der Waals surface area (Å²) in [5, 5.41) is 0. The van der Waals surface area contributed by atoms with E-state index in [4.69, 9.17) is 10.7 Å². The number of aromatic nitrogens is 1. The first-order valence-corrected chi connectivity index (χ1v) is 7.27. The lowest BCUT2D eigenvalue weighted by molar-refractivity contribution is -0.275. The van der Waals surface area contributed by atoms with Gasteiger partial charge in [0.15, 0.2) is 5.75 Å². The van der Waals surface area contributed by atoms with Gasteiger partial charge in [-0.25, -0.2) is 13.4 Å². The number of pyridine rings is 1. The van der Waals surface area contributed by atoms with Crippen molar-refractivity contribution in [2.45, 2.75) is 18.2 Å². The molecular formula is C7H4ClF3INO3S. The summed E-state index contributed by atoms with van der Waals surface area (Å²) in [6, 6.07) is 0.844. The van der Waals surface area contributed by atoms with Gasteiger partial charge in [-0.15, -0.1) is 13.2 Å². The van der Waals surface area contributed by atoms with Gasteiger partial charge in [0.05, 0.1) is 5.69 Å². The minimum atomic E-state index is -5.01. The first-order valence-electron chi connectivity index (χ1n) is 3.88. The Bertz CT molecular complexity index is 546. The molecule has 0 amide bonds. The Morgan fingerprint density at radius 1 is 1.47 bits per heavy atom. The normalized spacial score (nSPS) is 12.6. The fourth-order valence-electron chi connectivity index (χ4n) is 1.09. The van der Waals surface area contributed by atoms with Gasteiger partial charge in [-0.1, -0.05) is 0 Å². The lowest BCUT2D eigenvalue weighted by atomic mass is 10.3. The number of hydrogen-bond acceptors (Lipinski definition) is 4. The summed E-state index contributed by atoms with van der Waals surface area (Å²) in [5.74, 6) is -0.885. The highest BCUT2D eigenvalue weighted by Crippen LogP contribution is 2.34. The van der Waals surface area contributed by atoms with Crippen LogP contribution in [0.4, 0.5) is 13.2 Å². The number of nitrogens with zero attached hydrogens (tertiary/aromatic N) is 1. The largest absolute Gasteiger partial charge is 0.573 e. The minimum absolute atomic E-state index is 0.156. The molecule has 0 N–H and O–H groups in total. The molecule has 17 heavy (non-hydrogen) atoms. The first-order chi connectivity index (χ1) is 7.50. The van der Waals surface area contributed by atoms with Crippen molar-refractivity contribution in [1.82, 2.24) is 4.98 Å². The van der Waals surface area contributed by atoms with Gasteiger partial charge < -0.3 is 4.74 Å². The summed E-state index contributed by atoms with van der Waals surface area (Å²) >= 11 is 1.63. The van der Waals surface area contributed by atoms with E-state index in [9.17, 15) is 21.6 Å². The zero-order chi connectivity index (χ0) is 13.4. The predicted octanol–water partition coefficient (Wildman–Crippen LogP) is 2.82. The lowest BCUT2D eigenvalue weighted by Gasteiger charge is -2.13. The zero-order valence-electron chi connectivity index (χ0n) is 8.05. The molecule has 0 bridgehead atoms. The topological polar surface area (TPSA) is 56.3 Å². The smallest absolute Gasteiger partial charge is 0.404 e. The number of halogens is 5. The Hall–Kier alpha value is -0.290. The molecule has 1 aromatic heterocycles. The molecule has 1 aromatic rings. The van der Waals surface area contributed by atoms with Gasteiger partial charge in [0.2, 0.25) is 0 Å². The quantitative estimate of drug-likeness (QED) is 0.434. The van der Waals surface area contributed by atoms with Crippen molar-refractivity contribution in [3.8, 4) is 5.75 Å². The first kappa shape index (κ1) is 14.8. The summed E-state index contributed by atoms with van der Waals surface area (Å²) in [7, 11) is 0.661. The summed E-state index contributed by atoms with van der Waals surface area (Å²) < 4.78 is 62.3. The Balaban J connectivity index is 3.47. The number of aryl methyl sites for hydroxylation is 1. The van der Waals surface area contributed by atoms with Crippen LogP contribution in [-0.2, 0) is 9.05 Å². The van der Waals surface area contributed by atoms with Gasteiger partial charge in [0, 0.05) is 16.7 Å². The van der Waals surface area contributed by atoms with Gasteiger partial charge in [0.25, 0.3) is 9.05 Å². The molecule has 0 fully saturated rings. The van der Waals surface area contributed by atoms with E-state index in [0.717, 1.165) is 6.07 Å². The summed E-state index contributed by atoms with van der Waals surface area (Å²) in [4.78, 5) is 2.93. The molecule has 0 aromatic carbocycles. The standard InChI is InChI=1S/C7H4ClF3INO3S/c1-3-6(17(8,14)15)4(2-5(12)13-3)16-7(9,10)11/h2H,1H3. The molecule has 10 heteroatoms. The van der Waals surface area contributed by atoms with Crippen molar-refractivity contribution >= 4 is 42.3 Å². The number of ether oxygens (including phenoxy) is 1. The number of hydrogen-bond donors (Lipinski definition) is 0. The van der Waals surface area contributed by atoms with Crippen molar-refractivity contribution in [2.24, 2.45) is 0 Å². The molecule has 0 unspecified atom stereocenters. The fourth-order valence-corrected chi connectivity index (χ4v) is 3.04. The molecule has 0 aliphatic rings. The third kappa shape index (κ3) is 4.14. The van der Waals surface area contributed by atoms with Crippen LogP contribution in [0, 0.1) is 10.6 Å². The predicted molar refractivity (Wildman–Crippen MR) is 61.4 cm³/mol. The molecule has 0 atom stereocenters. The molecule has 4 nitrogen and oxygen atoms in total. The highest BCUT2D eigenvalue weighted by molar-refractivity contribution is 14.1. The van der Waals surface area contributed by atoms with Crippen LogP contribution < -0.4 is 4.74 Å². The Labute approximate surface area is 113 Å². The maximum Gasteiger partial charge on any atom is 0.573 e. The second kappa shape index (κ2) is 4.76. The van der Waals surface area contributed by atoms with E-state index >= 15 is 0 Å². The molecule has 96 valence electrons. The maximum atomic E-state index is 12.1. The zero-order valence-corrected chi connectivity index (χ0v) is 11.8. The van der Waals surface area contributed by atoms with Crippen LogP contribution in [0.15, 0.2) is 11.0 Å². The second-order valence-electron chi connectivity index (χ2n) is 2.84. The van der Waals surface area contributed by atoms with Gasteiger partial charge >= 0.3 is 6.36 Å². The molecule has 0 saturated heterocycles. The van der Waals surface area contributed by atoms with Crippen LogP contribution in [0.5, 0.6) is 5.75 Å². The van der Waals surface area contributed by atoms with E-state index in [1.165, 1.54) is 6.92 Å². The molecule has 0 radical (unpaired) electrons. The Kier molecular flexibility index (Phi) is 4.14. The van der Waals surface area contributed by atoms with Gasteiger partial charge in [-0.2, -0.15) is 0 Å². The Morgan fingerprint density at radius 2 is 2.00 bits per heavy atom. The lowest BCUT2D eigenvalue weighted by Crippen LogP contribution is -2.19. The van der Waals surface area contributed by atoms with Crippen molar-refractivity contribution in [1.29, 1.82) is 0 Å². The second-order valence-corrected chi connectivity index (χ2v) is 6.45. The van der Waals surface area contributed by atoms with E-state index in [0.29, 0.717) is 0 Å². The third-order valence-corrected chi connectivity index (χ3v) is 3.55. The van der Waals surface area contributed by atoms with E-state index < -0.39 is 26.1 Å². The molecule has 0 aliphatic heterocycles. The highest BCUT2D eigenvalue weighted by atomic mass is 127. The van der Waals surface area contributed by atoms with Crippen molar-refractivity contribution in [2.75, 3.05) is 0 Å². The fraction of sp³-hybridized carbons (Fsp3) is 0.286. The van der Waals surface area contributed by atoms with Gasteiger partial charge in [-0.05, 0) is 29.5 Å². The minimum Gasteiger partial charge on any atom is -0.404 e. The van der Waals surface area contributed by atoms with E-state index in [2.05, 4.69) is 9.72 Å².